The van der Waals surface area contributed by atoms with Gasteiger partial charge >= 0.3 is 0 Å². The summed E-state index contributed by atoms with van der Waals surface area (Å²) in [5.74, 6) is -2.24. The van der Waals surface area contributed by atoms with Crippen molar-refractivity contribution in [1.29, 1.82) is 0 Å². The number of sulfonamides is 1. The van der Waals surface area contributed by atoms with Crippen molar-refractivity contribution < 1.29 is 21.9 Å². The number of ether oxygens (including phenoxy) is 1. The minimum Gasteiger partial charge on any atom is -0.376 e. The number of hydrogen-bond donors (Lipinski definition) is 1. The monoisotopic (exact) mass is 353 g/mol. The first kappa shape index (κ1) is 17.0. The SMILES string of the molecule is COC1(CNS(=O)(=O)c2c(F)cccc2F)Cc2ccccc2C1. The van der Waals surface area contributed by atoms with Gasteiger partial charge < -0.3 is 4.74 Å². The smallest absolute Gasteiger partial charge is 0.246 e. The Morgan fingerprint density at radius 3 is 2.08 bits per heavy atom. The van der Waals surface area contributed by atoms with Crippen molar-refractivity contribution in [2.24, 2.45) is 0 Å². The van der Waals surface area contributed by atoms with E-state index in [0.717, 1.165) is 29.3 Å². The van der Waals surface area contributed by atoms with Crippen LogP contribution in [0.25, 0.3) is 0 Å². The number of halogens is 2. The maximum absolute atomic E-state index is 13.7. The lowest BCUT2D eigenvalue weighted by Gasteiger charge is -2.27. The first-order chi connectivity index (χ1) is 11.4. The average Bonchev–Trinajstić information content (AvgIpc) is 2.92. The molecule has 0 saturated heterocycles. The Balaban J connectivity index is 1.82. The summed E-state index contributed by atoms with van der Waals surface area (Å²) in [6.45, 7) is -0.0751. The molecular weight excluding hydrogens is 336 g/mol. The van der Waals surface area contributed by atoms with E-state index < -0.39 is 32.2 Å². The molecule has 4 nitrogen and oxygen atoms in total. The van der Waals surface area contributed by atoms with E-state index >= 15 is 0 Å². The molecule has 1 aliphatic carbocycles. The number of benzene rings is 2. The Morgan fingerprint density at radius 2 is 1.58 bits per heavy atom. The van der Waals surface area contributed by atoms with Gasteiger partial charge in [-0.3, -0.25) is 0 Å². The van der Waals surface area contributed by atoms with Crippen molar-refractivity contribution >= 4 is 10.0 Å². The number of hydrogen-bond acceptors (Lipinski definition) is 3. The second kappa shape index (κ2) is 6.23. The van der Waals surface area contributed by atoms with Crippen LogP contribution in [0.4, 0.5) is 8.78 Å². The van der Waals surface area contributed by atoms with Gasteiger partial charge in [-0.2, -0.15) is 0 Å². The fourth-order valence-electron chi connectivity index (χ4n) is 3.04. The van der Waals surface area contributed by atoms with Crippen LogP contribution >= 0.6 is 0 Å². The van der Waals surface area contributed by atoms with Gasteiger partial charge in [0.15, 0.2) is 4.90 Å². The van der Waals surface area contributed by atoms with E-state index in [0.29, 0.717) is 12.8 Å². The van der Waals surface area contributed by atoms with Gasteiger partial charge in [0.2, 0.25) is 10.0 Å². The second-order valence-corrected chi connectivity index (χ2v) is 7.59. The highest BCUT2D eigenvalue weighted by molar-refractivity contribution is 7.89. The fraction of sp³-hybridized carbons (Fsp3) is 0.294. The minimum atomic E-state index is -4.32. The molecule has 0 fully saturated rings. The van der Waals surface area contributed by atoms with Gasteiger partial charge in [-0.25, -0.2) is 21.9 Å². The average molecular weight is 353 g/mol. The molecule has 0 radical (unpaired) electrons. The number of fused-ring (bicyclic) bond motifs is 1. The Bertz CT molecular complexity index is 823. The van der Waals surface area contributed by atoms with E-state index in [9.17, 15) is 17.2 Å². The summed E-state index contributed by atoms with van der Waals surface area (Å²) in [5.41, 5.74) is 1.39. The van der Waals surface area contributed by atoms with E-state index in [1.54, 1.807) is 0 Å². The Hall–Kier alpha value is -1.83. The molecule has 7 heteroatoms. The Kier molecular flexibility index (Phi) is 4.42. The van der Waals surface area contributed by atoms with Crippen LogP contribution in [0, 0.1) is 11.6 Å². The summed E-state index contributed by atoms with van der Waals surface area (Å²) in [6, 6.07) is 10.7. The highest BCUT2D eigenvalue weighted by Crippen LogP contribution is 2.32. The first-order valence-electron chi connectivity index (χ1n) is 7.42. The summed E-state index contributed by atoms with van der Waals surface area (Å²) in [7, 11) is -2.82. The third kappa shape index (κ3) is 3.07. The fourth-order valence-corrected chi connectivity index (χ4v) is 4.29. The van der Waals surface area contributed by atoms with E-state index in [-0.39, 0.29) is 6.54 Å². The minimum absolute atomic E-state index is 0.0751. The largest absolute Gasteiger partial charge is 0.376 e. The molecule has 0 aliphatic heterocycles. The van der Waals surface area contributed by atoms with Crippen molar-refractivity contribution in [2.45, 2.75) is 23.3 Å². The molecule has 1 aliphatic rings. The van der Waals surface area contributed by atoms with Gasteiger partial charge in [-0.05, 0) is 23.3 Å². The van der Waals surface area contributed by atoms with Crippen LogP contribution in [-0.4, -0.2) is 27.7 Å². The quantitative estimate of drug-likeness (QED) is 0.898. The van der Waals surface area contributed by atoms with Crippen molar-refractivity contribution in [3.8, 4) is 0 Å². The standard InChI is InChI=1S/C17H17F2NO3S/c1-23-17(9-12-5-2-3-6-13(12)10-17)11-20-24(21,22)16-14(18)7-4-8-15(16)19/h2-8,20H,9-11H2,1H3. The summed E-state index contributed by atoms with van der Waals surface area (Å²) < 4.78 is 60.0. The van der Waals surface area contributed by atoms with Crippen LogP contribution in [-0.2, 0) is 27.6 Å². The summed E-state index contributed by atoms with van der Waals surface area (Å²) in [5, 5.41) is 0. The van der Waals surface area contributed by atoms with Crippen molar-refractivity contribution in [3.63, 3.8) is 0 Å². The zero-order chi connectivity index (χ0) is 17.4. The lowest BCUT2D eigenvalue weighted by atomic mass is 10.0. The molecule has 0 bridgehead atoms. The third-order valence-electron chi connectivity index (χ3n) is 4.35. The maximum Gasteiger partial charge on any atom is 0.246 e. The molecular formula is C17H17F2NO3S. The first-order valence-corrected chi connectivity index (χ1v) is 8.91. The number of methoxy groups -OCH3 is 1. The van der Waals surface area contributed by atoms with Crippen molar-refractivity contribution in [2.75, 3.05) is 13.7 Å². The van der Waals surface area contributed by atoms with Gasteiger partial charge in [0.05, 0.1) is 5.60 Å². The zero-order valence-electron chi connectivity index (χ0n) is 13.1. The molecule has 0 atom stereocenters. The van der Waals surface area contributed by atoms with Gasteiger partial charge in [0, 0.05) is 26.5 Å². The molecule has 0 saturated carbocycles. The van der Waals surface area contributed by atoms with Crippen LogP contribution in [0.2, 0.25) is 0 Å². The second-order valence-electron chi connectivity index (χ2n) is 5.88. The molecule has 0 heterocycles. The molecule has 2 aromatic rings. The van der Waals surface area contributed by atoms with Gasteiger partial charge in [0.25, 0.3) is 0 Å². The zero-order valence-corrected chi connectivity index (χ0v) is 13.9. The molecule has 0 amide bonds. The number of rotatable bonds is 5. The molecule has 128 valence electrons. The Labute approximate surface area is 139 Å². The van der Waals surface area contributed by atoms with Crippen LogP contribution in [0.3, 0.4) is 0 Å². The maximum atomic E-state index is 13.7. The molecule has 0 spiro atoms. The normalized spacial score (nSPS) is 16.1. The topological polar surface area (TPSA) is 55.4 Å². The molecule has 2 aromatic carbocycles. The van der Waals surface area contributed by atoms with Gasteiger partial charge in [-0.15, -0.1) is 0 Å². The molecule has 24 heavy (non-hydrogen) atoms. The number of nitrogens with one attached hydrogen (secondary N) is 1. The van der Waals surface area contributed by atoms with E-state index in [2.05, 4.69) is 4.72 Å². The van der Waals surface area contributed by atoms with Crippen molar-refractivity contribution in [3.05, 3.63) is 65.2 Å². The van der Waals surface area contributed by atoms with Gasteiger partial charge in [0.1, 0.15) is 11.6 Å². The van der Waals surface area contributed by atoms with E-state index in [4.69, 9.17) is 4.74 Å². The van der Waals surface area contributed by atoms with E-state index in [1.807, 2.05) is 24.3 Å². The molecule has 1 N–H and O–H groups in total. The third-order valence-corrected chi connectivity index (χ3v) is 5.80. The highest BCUT2D eigenvalue weighted by atomic mass is 32.2. The van der Waals surface area contributed by atoms with Crippen LogP contribution in [0.1, 0.15) is 11.1 Å². The van der Waals surface area contributed by atoms with Gasteiger partial charge in [-0.1, -0.05) is 30.3 Å². The van der Waals surface area contributed by atoms with Crippen LogP contribution in [0.15, 0.2) is 47.4 Å². The lowest BCUT2D eigenvalue weighted by Crippen LogP contribution is -2.45. The van der Waals surface area contributed by atoms with Crippen molar-refractivity contribution in [1.82, 2.24) is 4.72 Å². The predicted octanol–water partition coefficient (Wildman–Crippen LogP) is 2.43. The highest BCUT2D eigenvalue weighted by Gasteiger charge is 2.38. The van der Waals surface area contributed by atoms with E-state index in [1.165, 1.54) is 7.11 Å². The van der Waals surface area contributed by atoms with Crippen LogP contribution in [0.5, 0.6) is 0 Å². The summed E-state index contributed by atoms with van der Waals surface area (Å²) in [4.78, 5) is -0.966. The predicted molar refractivity (Wildman–Crippen MR) is 85.1 cm³/mol. The Morgan fingerprint density at radius 1 is 1.04 bits per heavy atom. The molecule has 3 rings (SSSR count). The lowest BCUT2D eigenvalue weighted by molar-refractivity contribution is 0.00376. The molecule has 0 aromatic heterocycles. The summed E-state index contributed by atoms with van der Waals surface area (Å²) in [6.07, 6.45) is 1.06. The van der Waals surface area contributed by atoms with Crippen LogP contribution < -0.4 is 4.72 Å². The molecule has 0 unspecified atom stereocenters. The summed E-state index contributed by atoms with van der Waals surface area (Å²) >= 11 is 0.